The Bertz CT molecular complexity index is 166. The minimum Gasteiger partial charge on any atom is -0.427 e. The molecule has 0 saturated carbocycles. The third kappa shape index (κ3) is 5.67. The molecule has 0 aromatic rings. The minimum atomic E-state index is 0.426. The molecule has 0 unspecified atom stereocenters. The maximum atomic E-state index is 8.38. The zero-order chi connectivity index (χ0) is 11.6. The van der Waals surface area contributed by atoms with Gasteiger partial charge in [-0.05, 0) is 31.1 Å². The number of hydrogen-bond acceptors (Lipinski definition) is 2. The third-order valence-corrected chi connectivity index (χ3v) is 3.14. The monoisotopic (exact) mass is 211 g/mol. The van der Waals surface area contributed by atoms with E-state index in [1.807, 2.05) is 0 Å². The quantitative estimate of drug-likeness (QED) is 0.421. The molecule has 0 saturated heterocycles. The van der Waals surface area contributed by atoms with Gasteiger partial charge in [0.2, 0.25) is 0 Å². The van der Waals surface area contributed by atoms with Crippen molar-refractivity contribution < 1.29 is 4.74 Å². The highest BCUT2D eigenvalue weighted by Crippen LogP contribution is 2.38. The lowest BCUT2D eigenvalue weighted by molar-refractivity contribution is 0.137. The van der Waals surface area contributed by atoms with Crippen LogP contribution in [0.2, 0.25) is 0 Å². The molecule has 0 heterocycles. The molecule has 15 heavy (non-hydrogen) atoms. The van der Waals surface area contributed by atoms with E-state index in [4.69, 9.17) is 10.00 Å². The van der Waals surface area contributed by atoms with E-state index in [9.17, 15) is 0 Å². The molecule has 0 radical (unpaired) electrons. The Hall–Kier alpha value is -0.710. The second-order valence-corrected chi connectivity index (χ2v) is 4.44. The van der Waals surface area contributed by atoms with Crippen molar-refractivity contribution in [3.05, 3.63) is 0 Å². The van der Waals surface area contributed by atoms with E-state index >= 15 is 0 Å². The number of ether oxygens (including phenoxy) is 1. The first-order valence-electron chi connectivity index (χ1n) is 6.25. The van der Waals surface area contributed by atoms with Crippen molar-refractivity contribution in [3.63, 3.8) is 0 Å². The molecular weight excluding hydrogens is 186 g/mol. The lowest BCUT2D eigenvalue weighted by atomic mass is 9.73. The van der Waals surface area contributed by atoms with Crippen LogP contribution in [0.4, 0.5) is 0 Å². The second kappa shape index (κ2) is 8.59. The molecule has 2 heteroatoms. The molecule has 0 atom stereocenters. The van der Waals surface area contributed by atoms with E-state index in [0.29, 0.717) is 12.0 Å². The van der Waals surface area contributed by atoms with Gasteiger partial charge in [-0.1, -0.05) is 40.0 Å². The molecular formula is C13H25NO. The minimum absolute atomic E-state index is 0.426. The first-order chi connectivity index (χ1) is 7.24. The van der Waals surface area contributed by atoms with Crippen LogP contribution in [0.15, 0.2) is 0 Å². The van der Waals surface area contributed by atoms with Crippen molar-refractivity contribution >= 4 is 0 Å². The fourth-order valence-electron chi connectivity index (χ4n) is 2.65. The van der Waals surface area contributed by atoms with Crippen LogP contribution in [0, 0.1) is 16.9 Å². The lowest BCUT2D eigenvalue weighted by Crippen LogP contribution is -2.22. The maximum Gasteiger partial charge on any atom is 0.286 e. The van der Waals surface area contributed by atoms with Gasteiger partial charge in [0.1, 0.15) is 6.61 Å². The Morgan fingerprint density at radius 2 is 1.40 bits per heavy atom. The van der Waals surface area contributed by atoms with Crippen LogP contribution in [0.25, 0.3) is 0 Å². The summed E-state index contributed by atoms with van der Waals surface area (Å²) in [6.07, 6.45) is 10.3. The van der Waals surface area contributed by atoms with Gasteiger partial charge in [0.05, 0.1) is 0 Å². The number of nitriles is 1. The zero-order valence-electron chi connectivity index (χ0n) is 10.5. The Balaban J connectivity index is 4.25. The fraction of sp³-hybridized carbons (Fsp3) is 0.923. The first kappa shape index (κ1) is 14.3. The lowest BCUT2D eigenvalue weighted by Gasteiger charge is -2.33. The van der Waals surface area contributed by atoms with Gasteiger partial charge in [-0.25, -0.2) is 0 Å². The fourth-order valence-corrected chi connectivity index (χ4v) is 2.65. The predicted octanol–water partition coefficient (Wildman–Crippen LogP) is 4.26. The predicted molar refractivity (Wildman–Crippen MR) is 63.3 cm³/mol. The van der Waals surface area contributed by atoms with Crippen LogP contribution in [-0.4, -0.2) is 6.61 Å². The molecule has 2 nitrogen and oxygen atoms in total. The summed E-state index contributed by atoms with van der Waals surface area (Å²) in [7, 11) is 0. The summed E-state index contributed by atoms with van der Waals surface area (Å²) < 4.78 is 4.83. The van der Waals surface area contributed by atoms with Gasteiger partial charge >= 0.3 is 0 Å². The van der Waals surface area contributed by atoms with E-state index in [2.05, 4.69) is 20.8 Å². The largest absolute Gasteiger partial charge is 0.427 e. The maximum absolute atomic E-state index is 8.38. The molecule has 0 aromatic heterocycles. The molecule has 0 amide bonds. The van der Waals surface area contributed by atoms with Crippen LogP contribution in [0.5, 0.6) is 0 Å². The second-order valence-electron chi connectivity index (χ2n) is 4.44. The van der Waals surface area contributed by atoms with Crippen LogP contribution in [0.1, 0.15) is 65.7 Å². The molecule has 0 fully saturated rings. The Labute approximate surface area is 94.6 Å². The normalized spacial score (nSPS) is 11.1. The Morgan fingerprint density at radius 3 is 1.73 bits per heavy atom. The summed E-state index contributed by atoms with van der Waals surface area (Å²) in [6, 6.07) is 0. The van der Waals surface area contributed by atoms with Crippen molar-refractivity contribution in [1.29, 1.82) is 5.26 Å². The van der Waals surface area contributed by atoms with Crippen LogP contribution in [-0.2, 0) is 4.74 Å². The van der Waals surface area contributed by atoms with E-state index < -0.39 is 0 Å². The standard InChI is InChI=1S/C13H25NO/c1-4-7-13(8-5-2,9-6-3)10-11-15-12-14/h4-11H2,1-3H3. The van der Waals surface area contributed by atoms with E-state index in [0.717, 1.165) is 6.42 Å². The highest BCUT2D eigenvalue weighted by molar-refractivity contribution is 4.78. The summed E-state index contributed by atoms with van der Waals surface area (Å²) in [5.41, 5.74) is 0.426. The molecule has 88 valence electrons. The Kier molecular flexibility index (Phi) is 8.18. The van der Waals surface area contributed by atoms with Gasteiger partial charge in [-0.3, -0.25) is 0 Å². The van der Waals surface area contributed by atoms with Crippen molar-refractivity contribution in [2.75, 3.05) is 6.61 Å². The summed E-state index contributed by atoms with van der Waals surface area (Å²) in [5, 5.41) is 8.38. The van der Waals surface area contributed by atoms with Crippen molar-refractivity contribution in [1.82, 2.24) is 0 Å². The van der Waals surface area contributed by atoms with Gasteiger partial charge in [0.15, 0.2) is 0 Å². The number of nitrogens with zero attached hydrogens (tertiary/aromatic N) is 1. The van der Waals surface area contributed by atoms with E-state index in [1.165, 1.54) is 38.5 Å². The average Bonchev–Trinajstić information content (AvgIpc) is 2.19. The van der Waals surface area contributed by atoms with Gasteiger partial charge < -0.3 is 4.74 Å². The third-order valence-electron chi connectivity index (χ3n) is 3.14. The average molecular weight is 211 g/mol. The molecule has 0 aliphatic rings. The topological polar surface area (TPSA) is 33.0 Å². The summed E-state index contributed by atoms with van der Waals surface area (Å²) >= 11 is 0. The highest BCUT2D eigenvalue weighted by Gasteiger charge is 2.27. The van der Waals surface area contributed by atoms with Gasteiger partial charge in [0.25, 0.3) is 6.26 Å². The van der Waals surface area contributed by atoms with E-state index in [-0.39, 0.29) is 0 Å². The zero-order valence-corrected chi connectivity index (χ0v) is 10.5. The Morgan fingerprint density at radius 1 is 0.933 bits per heavy atom. The van der Waals surface area contributed by atoms with Crippen molar-refractivity contribution in [2.45, 2.75) is 65.7 Å². The molecule has 0 bridgehead atoms. The highest BCUT2D eigenvalue weighted by atomic mass is 16.5. The summed E-state index contributed by atoms with van der Waals surface area (Å²) in [5.74, 6) is 0. The smallest absolute Gasteiger partial charge is 0.286 e. The number of rotatable bonds is 9. The molecule has 0 N–H and O–H groups in total. The molecule has 0 aliphatic carbocycles. The van der Waals surface area contributed by atoms with Crippen LogP contribution < -0.4 is 0 Å². The van der Waals surface area contributed by atoms with Crippen molar-refractivity contribution in [2.24, 2.45) is 5.41 Å². The first-order valence-corrected chi connectivity index (χ1v) is 6.25. The van der Waals surface area contributed by atoms with E-state index in [1.54, 1.807) is 6.26 Å². The summed E-state index contributed by atoms with van der Waals surface area (Å²) in [6.45, 7) is 7.32. The molecule has 0 spiro atoms. The summed E-state index contributed by atoms with van der Waals surface area (Å²) in [4.78, 5) is 0. The van der Waals surface area contributed by atoms with Crippen LogP contribution in [0.3, 0.4) is 0 Å². The van der Waals surface area contributed by atoms with Gasteiger partial charge in [-0.2, -0.15) is 5.26 Å². The molecule has 0 aliphatic heterocycles. The van der Waals surface area contributed by atoms with Crippen LogP contribution >= 0.6 is 0 Å². The van der Waals surface area contributed by atoms with Crippen molar-refractivity contribution in [3.8, 4) is 6.26 Å². The number of hydrogen-bond donors (Lipinski definition) is 0. The van der Waals surface area contributed by atoms with Gasteiger partial charge in [0, 0.05) is 0 Å². The molecule has 0 aromatic carbocycles. The SMILES string of the molecule is CCCC(CCC)(CCC)CCOC#N. The molecule has 0 rings (SSSR count). The van der Waals surface area contributed by atoms with Gasteiger partial charge in [-0.15, -0.1) is 0 Å².